The fourth-order valence-corrected chi connectivity index (χ4v) is 4.37. The molecule has 0 unspecified atom stereocenters. The summed E-state index contributed by atoms with van der Waals surface area (Å²) in [6.07, 6.45) is 5.02. The first-order valence-corrected chi connectivity index (χ1v) is 12.6. The van der Waals surface area contributed by atoms with Gasteiger partial charge >= 0.3 is 5.97 Å². The molecule has 1 saturated heterocycles. The zero-order chi connectivity index (χ0) is 26.5. The highest BCUT2D eigenvalue weighted by Gasteiger charge is 2.37. The number of anilines is 1. The van der Waals surface area contributed by atoms with E-state index >= 15 is 0 Å². The van der Waals surface area contributed by atoms with Crippen LogP contribution in [-0.2, 0) is 19.1 Å². The molecule has 38 heavy (non-hydrogen) atoms. The predicted molar refractivity (Wildman–Crippen MR) is 145 cm³/mol. The van der Waals surface area contributed by atoms with Crippen molar-refractivity contribution in [1.82, 2.24) is 20.2 Å². The lowest BCUT2D eigenvalue weighted by Gasteiger charge is -2.24. The van der Waals surface area contributed by atoms with Crippen molar-refractivity contribution in [3.05, 3.63) is 76.6 Å². The monoisotopic (exact) mass is 511 g/mol. The van der Waals surface area contributed by atoms with Crippen LogP contribution in [0.2, 0.25) is 0 Å². The molecule has 9 heteroatoms. The van der Waals surface area contributed by atoms with Crippen molar-refractivity contribution in [1.29, 1.82) is 0 Å². The van der Waals surface area contributed by atoms with Crippen molar-refractivity contribution in [2.75, 3.05) is 44.6 Å². The van der Waals surface area contributed by atoms with Gasteiger partial charge in [0.25, 0.3) is 0 Å². The maximum absolute atomic E-state index is 13.2. The van der Waals surface area contributed by atoms with Crippen molar-refractivity contribution in [3.8, 4) is 11.8 Å². The molecule has 0 amide bonds. The molecule has 0 radical (unpaired) electrons. The van der Waals surface area contributed by atoms with Crippen LogP contribution >= 0.6 is 0 Å². The minimum absolute atomic E-state index is 0.0216. The van der Waals surface area contributed by atoms with Gasteiger partial charge in [-0.1, -0.05) is 11.8 Å². The summed E-state index contributed by atoms with van der Waals surface area (Å²) in [6.45, 7) is 8.47. The van der Waals surface area contributed by atoms with Crippen LogP contribution in [0.15, 0.2) is 59.9 Å². The number of hydrogen-bond donors (Lipinski definition) is 3. The number of ether oxygens (including phenoxy) is 2. The molecule has 1 aromatic carbocycles. The number of nitrogens with zero attached hydrogens (tertiary/aromatic N) is 2. The number of carbonyl (C=O) groups excluding carboxylic acids is 2. The summed E-state index contributed by atoms with van der Waals surface area (Å²) in [5, 5.41) is 7.29. The van der Waals surface area contributed by atoms with Crippen molar-refractivity contribution in [2.24, 2.45) is 0 Å². The van der Waals surface area contributed by atoms with Crippen molar-refractivity contribution in [3.63, 3.8) is 0 Å². The van der Waals surface area contributed by atoms with E-state index in [0.717, 1.165) is 54.8 Å². The number of aromatic nitrogens is 2. The molecule has 0 bridgehead atoms. The SMILES string of the molecule is CCOC(=O)C1=C(Nc2ccc(C#CCN3CCNCC3)cc2C)O/C(=C\c2c[nH]c3ncccc23)C1=O. The largest absolute Gasteiger partial charge is 0.462 e. The molecule has 194 valence electrons. The average molecular weight is 512 g/mol. The fraction of sp³-hybridized carbons (Fsp3) is 0.276. The van der Waals surface area contributed by atoms with E-state index in [1.165, 1.54) is 0 Å². The maximum Gasteiger partial charge on any atom is 0.347 e. The molecule has 2 aliphatic heterocycles. The molecule has 0 aliphatic carbocycles. The third kappa shape index (κ3) is 5.47. The summed E-state index contributed by atoms with van der Waals surface area (Å²) in [4.78, 5) is 35.6. The van der Waals surface area contributed by atoms with Crippen LogP contribution in [0.5, 0.6) is 0 Å². The van der Waals surface area contributed by atoms with Crippen LogP contribution in [0, 0.1) is 18.8 Å². The Morgan fingerprint density at radius 2 is 2.13 bits per heavy atom. The number of piperazine rings is 1. The second-order valence-corrected chi connectivity index (χ2v) is 8.99. The first kappa shape index (κ1) is 25.3. The van der Waals surface area contributed by atoms with Crippen molar-refractivity contribution in [2.45, 2.75) is 13.8 Å². The van der Waals surface area contributed by atoms with E-state index in [4.69, 9.17) is 9.47 Å². The molecule has 0 atom stereocenters. The van der Waals surface area contributed by atoms with Gasteiger partial charge in [0.2, 0.25) is 11.7 Å². The Kier molecular flexibility index (Phi) is 7.54. The number of pyridine rings is 1. The van der Waals surface area contributed by atoms with Crippen LogP contribution < -0.4 is 10.6 Å². The fourth-order valence-electron chi connectivity index (χ4n) is 4.37. The van der Waals surface area contributed by atoms with Crippen LogP contribution in [0.1, 0.15) is 23.6 Å². The number of aromatic amines is 1. The molecular weight excluding hydrogens is 482 g/mol. The Bertz CT molecular complexity index is 1500. The second-order valence-electron chi connectivity index (χ2n) is 8.99. The number of rotatable bonds is 6. The number of H-pyrrole nitrogens is 1. The maximum atomic E-state index is 13.2. The van der Waals surface area contributed by atoms with Crippen molar-refractivity contribution >= 4 is 34.5 Å². The van der Waals surface area contributed by atoms with Crippen LogP contribution in [0.4, 0.5) is 5.69 Å². The Morgan fingerprint density at radius 3 is 2.92 bits per heavy atom. The minimum Gasteiger partial charge on any atom is -0.462 e. The number of carbonyl (C=O) groups is 2. The molecule has 2 aromatic heterocycles. The van der Waals surface area contributed by atoms with Gasteiger partial charge in [0, 0.05) is 60.8 Å². The van der Waals surface area contributed by atoms with E-state index in [-0.39, 0.29) is 23.8 Å². The van der Waals surface area contributed by atoms with Gasteiger partial charge in [-0.05, 0) is 55.8 Å². The van der Waals surface area contributed by atoms with Gasteiger partial charge in [-0.25, -0.2) is 9.78 Å². The number of allylic oxidation sites excluding steroid dienone is 1. The Hall–Kier alpha value is -4.39. The van der Waals surface area contributed by atoms with Gasteiger partial charge in [-0.2, -0.15) is 0 Å². The summed E-state index contributed by atoms with van der Waals surface area (Å²) < 4.78 is 11.1. The van der Waals surface area contributed by atoms with E-state index in [0.29, 0.717) is 11.3 Å². The molecule has 9 nitrogen and oxygen atoms in total. The molecule has 1 fully saturated rings. The number of hydrogen-bond acceptors (Lipinski definition) is 8. The Morgan fingerprint density at radius 1 is 1.29 bits per heavy atom. The quantitative estimate of drug-likeness (QED) is 0.201. The average Bonchev–Trinajstić information content (AvgIpc) is 3.47. The van der Waals surface area contributed by atoms with Gasteiger partial charge < -0.3 is 25.1 Å². The first-order chi connectivity index (χ1) is 18.5. The molecule has 4 heterocycles. The first-order valence-electron chi connectivity index (χ1n) is 12.6. The third-order valence-corrected chi connectivity index (χ3v) is 6.36. The van der Waals surface area contributed by atoms with Gasteiger partial charge in [0.05, 0.1) is 13.2 Å². The van der Waals surface area contributed by atoms with Gasteiger partial charge in [0.15, 0.2) is 11.3 Å². The summed E-state index contributed by atoms with van der Waals surface area (Å²) in [5.74, 6) is 5.25. The minimum atomic E-state index is -0.739. The number of esters is 1. The number of nitrogens with one attached hydrogen (secondary N) is 3. The molecule has 0 spiro atoms. The highest BCUT2D eigenvalue weighted by atomic mass is 16.5. The normalized spacial score (nSPS) is 16.9. The number of ketones is 1. The van der Waals surface area contributed by atoms with E-state index in [1.807, 2.05) is 37.3 Å². The van der Waals surface area contributed by atoms with Gasteiger partial charge in [0.1, 0.15) is 5.65 Å². The Balaban J connectivity index is 1.37. The van der Waals surface area contributed by atoms with Crippen molar-refractivity contribution < 1.29 is 19.1 Å². The van der Waals surface area contributed by atoms with E-state index in [1.54, 1.807) is 25.4 Å². The molecule has 3 N–H and O–H groups in total. The smallest absolute Gasteiger partial charge is 0.347 e. The second kappa shape index (κ2) is 11.3. The number of benzene rings is 1. The van der Waals surface area contributed by atoms with Crippen LogP contribution in [-0.4, -0.2) is 66.0 Å². The number of aryl methyl sites for hydroxylation is 1. The topological polar surface area (TPSA) is 109 Å². The highest BCUT2D eigenvalue weighted by Crippen LogP contribution is 2.31. The van der Waals surface area contributed by atoms with Crippen LogP contribution in [0.3, 0.4) is 0 Å². The van der Waals surface area contributed by atoms with E-state index in [2.05, 4.69) is 37.3 Å². The zero-order valence-electron chi connectivity index (χ0n) is 21.4. The molecule has 0 saturated carbocycles. The zero-order valence-corrected chi connectivity index (χ0v) is 21.4. The molecule has 5 rings (SSSR count). The predicted octanol–water partition coefficient (Wildman–Crippen LogP) is 2.96. The Labute approximate surface area is 220 Å². The molecule has 2 aliphatic rings. The number of fused-ring (bicyclic) bond motifs is 1. The lowest BCUT2D eigenvalue weighted by Crippen LogP contribution is -2.43. The number of Topliss-reactive ketones (excluding diaryl/α,β-unsaturated/α-hetero) is 1. The van der Waals surface area contributed by atoms with E-state index in [9.17, 15) is 9.59 Å². The lowest BCUT2D eigenvalue weighted by molar-refractivity contribution is -0.139. The van der Waals surface area contributed by atoms with Gasteiger partial charge in [-0.15, -0.1) is 0 Å². The molecular formula is C29H29N5O4. The van der Waals surface area contributed by atoms with Crippen LogP contribution in [0.25, 0.3) is 17.1 Å². The highest BCUT2D eigenvalue weighted by molar-refractivity contribution is 6.26. The standard InChI is InChI=1S/C29H29N5O4/c1-3-37-29(36)25-26(35)24(17-21-18-32-27-22(21)7-4-10-31-27)38-28(25)33-23-9-8-20(16-19(23)2)6-5-13-34-14-11-30-12-15-34/h4,7-10,16-18,30,33H,3,11-15H2,1-2H3,(H,31,32)/b24-17-. The molecule has 3 aromatic rings. The van der Waals surface area contributed by atoms with E-state index < -0.39 is 11.8 Å². The van der Waals surface area contributed by atoms with Gasteiger partial charge in [-0.3, -0.25) is 9.69 Å². The summed E-state index contributed by atoms with van der Waals surface area (Å²) in [5.41, 5.74) is 3.72. The lowest BCUT2D eigenvalue weighted by atomic mass is 10.1. The summed E-state index contributed by atoms with van der Waals surface area (Å²) >= 11 is 0. The summed E-state index contributed by atoms with van der Waals surface area (Å²) in [6, 6.07) is 9.43. The third-order valence-electron chi connectivity index (χ3n) is 6.36. The summed E-state index contributed by atoms with van der Waals surface area (Å²) in [7, 11) is 0.